The first-order valence-electron chi connectivity index (χ1n) is 6.61. The number of hydrogen-bond donors (Lipinski definition) is 0. The molecule has 1 aromatic rings. The van der Waals surface area contributed by atoms with Crippen molar-refractivity contribution in [1.29, 1.82) is 0 Å². The maximum Gasteiger partial charge on any atom is 0.379 e. The number of methoxy groups -OCH3 is 1. The van der Waals surface area contributed by atoms with Gasteiger partial charge in [-0.05, 0) is 23.5 Å². The van der Waals surface area contributed by atoms with Crippen molar-refractivity contribution in [2.24, 2.45) is 0 Å². The van der Waals surface area contributed by atoms with E-state index in [9.17, 15) is 14.4 Å². The summed E-state index contributed by atoms with van der Waals surface area (Å²) in [5.41, 5.74) is 1.34. The highest BCUT2D eigenvalue weighted by Gasteiger charge is 2.25. The van der Waals surface area contributed by atoms with Crippen LogP contribution < -0.4 is 0 Å². The Kier molecular flexibility index (Phi) is 5.19. The van der Waals surface area contributed by atoms with Gasteiger partial charge in [0, 0.05) is 12.0 Å². The van der Waals surface area contributed by atoms with Gasteiger partial charge in [-0.1, -0.05) is 44.7 Å². The predicted molar refractivity (Wildman–Crippen MR) is 80.3 cm³/mol. The van der Waals surface area contributed by atoms with Gasteiger partial charge in [0.15, 0.2) is 5.78 Å². The predicted octanol–water partition coefficient (Wildman–Crippen LogP) is 2.86. The second-order valence-corrected chi connectivity index (χ2v) is 5.66. The molecule has 0 saturated heterocycles. The summed E-state index contributed by atoms with van der Waals surface area (Å²) < 4.78 is 4.40. The fourth-order valence-corrected chi connectivity index (χ4v) is 1.94. The van der Waals surface area contributed by atoms with Gasteiger partial charge in [0.25, 0.3) is 5.78 Å². The van der Waals surface area contributed by atoms with Crippen molar-refractivity contribution >= 4 is 17.5 Å². The number of benzene rings is 1. The second kappa shape index (κ2) is 6.48. The van der Waals surface area contributed by atoms with Gasteiger partial charge in [-0.2, -0.15) is 0 Å². The van der Waals surface area contributed by atoms with E-state index in [1.165, 1.54) is 7.11 Å². The molecule has 0 radical (unpaired) electrons. The number of ketones is 2. The Bertz CT molecular complexity index is 579. The largest absolute Gasteiger partial charge is 0.463 e. The molecule has 4 nitrogen and oxygen atoms in total. The van der Waals surface area contributed by atoms with E-state index < -0.39 is 11.8 Å². The lowest BCUT2D eigenvalue weighted by atomic mass is 9.79. The third-order valence-electron chi connectivity index (χ3n) is 3.38. The number of carbonyl (C=O) groups is 3. The molecule has 1 rings (SSSR count). The van der Waals surface area contributed by atoms with Crippen molar-refractivity contribution in [3.8, 4) is 0 Å². The molecule has 0 N–H and O–H groups in total. The first-order chi connectivity index (χ1) is 9.69. The Hall–Kier alpha value is -2.23. The quantitative estimate of drug-likeness (QED) is 0.349. The fourth-order valence-electron chi connectivity index (χ4n) is 1.94. The highest BCUT2D eigenvalue weighted by Crippen LogP contribution is 2.28. The van der Waals surface area contributed by atoms with Crippen LogP contribution in [-0.4, -0.2) is 24.6 Å². The molecule has 0 fully saturated rings. The lowest BCUT2D eigenvalue weighted by Crippen LogP contribution is -2.22. The smallest absolute Gasteiger partial charge is 0.379 e. The van der Waals surface area contributed by atoms with Crippen LogP contribution in [0.5, 0.6) is 0 Å². The van der Waals surface area contributed by atoms with Gasteiger partial charge in [0.05, 0.1) is 7.11 Å². The first kappa shape index (κ1) is 16.8. The zero-order chi connectivity index (χ0) is 16.2. The van der Waals surface area contributed by atoms with Gasteiger partial charge in [0.1, 0.15) is 0 Å². The monoisotopic (exact) mass is 288 g/mol. The van der Waals surface area contributed by atoms with E-state index in [2.05, 4.69) is 11.3 Å². The second-order valence-electron chi connectivity index (χ2n) is 5.66. The first-order valence-corrected chi connectivity index (χ1v) is 6.61. The van der Waals surface area contributed by atoms with Crippen LogP contribution in [-0.2, 0) is 19.7 Å². The summed E-state index contributed by atoms with van der Waals surface area (Å²) in [6.45, 7) is 9.24. The molecule has 0 bridgehead atoms. The van der Waals surface area contributed by atoms with Crippen LogP contribution in [0, 0.1) is 0 Å². The summed E-state index contributed by atoms with van der Waals surface area (Å²) in [4.78, 5) is 34.7. The number of esters is 1. The van der Waals surface area contributed by atoms with Crippen LogP contribution in [0.3, 0.4) is 0 Å². The van der Waals surface area contributed by atoms with Gasteiger partial charge < -0.3 is 4.74 Å². The average molecular weight is 288 g/mol. The number of allylic oxidation sites excluding steroid dienone is 1. The summed E-state index contributed by atoms with van der Waals surface area (Å²) in [5, 5.41) is 0. The Balaban J connectivity index is 2.96. The topological polar surface area (TPSA) is 60.4 Å². The SMILES string of the molecule is C=C(C)C(=O)CC(C)(C)c1ccc(C(=O)C(=O)OC)cc1. The van der Waals surface area contributed by atoms with E-state index in [0.29, 0.717) is 12.0 Å². The number of rotatable bonds is 6. The molecule has 0 aliphatic heterocycles. The minimum Gasteiger partial charge on any atom is -0.463 e. The molecule has 0 saturated carbocycles. The molecule has 0 amide bonds. The van der Waals surface area contributed by atoms with Gasteiger partial charge in [-0.3, -0.25) is 9.59 Å². The Morgan fingerprint density at radius 2 is 1.67 bits per heavy atom. The number of hydrogen-bond acceptors (Lipinski definition) is 4. The van der Waals surface area contributed by atoms with Gasteiger partial charge in [-0.15, -0.1) is 0 Å². The number of ether oxygens (including phenoxy) is 1. The van der Waals surface area contributed by atoms with Crippen LogP contribution in [0.2, 0.25) is 0 Å². The normalized spacial score (nSPS) is 10.9. The van der Waals surface area contributed by atoms with Crippen LogP contribution in [0.1, 0.15) is 43.1 Å². The van der Waals surface area contributed by atoms with E-state index in [1.807, 2.05) is 13.8 Å². The Labute approximate surface area is 124 Å². The van der Waals surface area contributed by atoms with E-state index >= 15 is 0 Å². The maximum absolute atomic E-state index is 11.8. The minimum atomic E-state index is -0.889. The summed E-state index contributed by atoms with van der Waals surface area (Å²) in [6, 6.07) is 6.65. The molecule has 21 heavy (non-hydrogen) atoms. The van der Waals surface area contributed by atoms with Crippen LogP contribution in [0.4, 0.5) is 0 Å². The summed E-state index contributed by atoms with van der Waals surface area (Å²) >= 11 is 0. The van der Waals surface area contributed by atoms with E-state index in [1.54, 1.807) is 31.2 Å². The lowest BCUT2D eigenvalue weighted by Gasteiger charge is -2.24. The third-order valence-corrected chi connectivity index (χ3v) is 3.38. The average Bonchev–Trinajstić information content (AvgIpc) is 2.45. The fraction of sp³-hybridized carbons (Fsp3) is 0.353. The Morgan fingerprint density at radius 3 is 2.10 bits per heavy atom. The summed E-state index contributed by atoms with van der Waals surface area (Å²) in [6.07, 6.45) is 0.340. The molecule has 112 valence electrons. The minimum absolute atomic E-state index is 0.00899. The van der Waals surface area contributed by atoms with Crippen LogP contribution >= 0.6 is 0 Å². The molecular formula is C17H20O4. The standard InChI is InChI=1S/C17H20O4/c1-11(2)14(18)10-17(3,4)13-8-6-12(7-9-13)15(19)16(20)21-5/h6-9H,1,10H2,2-5H3. The lowest BCUT2D eigenvalue weighted by molar-refractivity contribution is -0.135. The molecule has 0 aromatic heterocycles. The van der Waals surface area contributed by atoms with Gasteiger partial charge >= 0.3 is 5.97 Å². The van der Waals surface area contributed by atoms with Crippen molar-refractivity contribution in [1.82, 2.24) is 0 Å². The highest BCUT2D eigenvalue weighted by atomic mass is 16.5. The number of Topliss-reactive ketones (excluding diaryl/α,β-unsaturated/α-hetero) is 2. The van der Waals surface area contributed by atoms with Crippen LogP contribution in [0.25, 0.3) is 0 Å². The van der Waals surface area contributed by atoms with Crippen molar-refractivity contribution in [3.63, 3.8) is 0 Å². The van der Waals surface area contributed by atoms with E-state index in [4.69, 9.17) is 0 Å². The molecule has 0 unspecified atom stereocenters. The molecule has 4 heteroatoms. The van der Waals surface area contributed by atoms with Crippen molar-refractivity contribution in [2.45, 2.75) is 32.6 Å². The molecule has 0 spiro atoms. The van der Waals surface area contributed by atoms with Gasteiger partial charge in [-0.25, -0.2) is 4.79 Å². The number of carbonyl (C=O) groups excluding carboxylic acids is 3. The highest BCUT2D eigenvalue weighted by molar-refractivity contribution is 6.40. The zero-order valence-electron chi connectivity index (χ0n) is 12.9. The van der Waals surface area contributed by atoms with Crippen molar-refractivity contribution in [2.75, 3.05) is 7.11 Å². The molecule has 0 aliphatic carbocycles. The van der Waals surface area contributed by atoms with Crippen LogP contribution in [0.15, 0.2) is 36.4 Å². The molecule has 0 aliphatic rings. The molecule has 0 atom stereocenters. The third kappa shape index (κ3) is 4.12. The Morgan fingerprint density at radius 1 is 1.14 bits per heavy atom. The summed E-state index contributed by atoms with van der Waals surface area (Å²) in [5.74, 6) is -1.56. The van der Waals surface area contributed by atoms with Crippen molar-refractivity contribution in [3.05, 3.63) is 47.5 Å². The maximum atomic E-state index is 11.8. The molecular weight excluding hydrogens is 268 g/mol. The van der Waals surface area contributed by atoms with E-state index in [0.717, 1.165) is 5.56 Å². The zero-order valence-corrected chi connectivity index (χ0v) is 12.9. The molecule has 1 aromatic carbocycles. The molecule has 0 heterocycles. The van der Waals surface area contributed by atoms with E-state index in [-0.39, 0.29) is 16.8 Å². The van der Waals surface area contributed by atoms with Crippen molar-refractivity contribution < 1.29 is 19.1 Å². The summed E-state index contributed by atoms with van der Waals surface area (Å²) in [7, 11) is 1.17. The van der Waals surface area contributed by atoms with Gasteiger partial charge in [0.2, 0.25) is 0 Å².